The maximum atomic E-state index is 12.2. The van der Waals surface area contributed by atoms with Gasteiger partial charge in [0.1, 0.15) is 0 Å². The molecule has 88 valence electrons. The first kappa shape index (κ1) is 11.8. The summed E-state index contributed by atoms with van der Waals surface area (Å²) >= 11 is 0. The van der Waals surface area contributed by atoms with Gasteiger partial charge in [-0.05, 0) is 11.3 Å². The zero-order valence-electron chi connectivity index (χ0n) is 10.3. The summed E-state index contributed by atoms with van der Waals surface area (Å²) in [6.07, 6.45) is 5.12. The number of Topliss-reactive ketones (excluding diaryl/α,β-unsaturated/α-hetero) is 1. The number of nitrogens with zero attached hydrogens (tertiary/aromatic N) is 1. The molecular weight excluding hydrogens is 210 g/mol. The fourth-order valence-corrected chi connectivity index (χ4v) is 1.91. The van der Waals surface area contributed by atoms with Crippen LogP contribution >= 0.6 is 0 Å². The van der Waals surface area contributed by atoms with Gasteiger partial charge in [0.15, 0.2) is 5.78 Å². The molecule has 0 aliphatic rings. The average Bonchev–Trinajstić information content (AvgIpc) is 2.37. The lowest BCUT2D eigenvalue weighted by molar-refractivity contribution is 0.0965. The van der Waals surface area contributed by atoms with Crippen LogP contribution < -0.4 is 0 Å². The SMILES string of the molecule is CCC(C)CC(=O)c1cncc2ccccc12. The molecule has 1 aromatic carbocycles. The fraction of sp³-hybridized carbons (Fsp3) is 0.333. The second-order valence-electron chi connectivity index (χ2n) is 4.55. The average molecular weight is 227 g/mol. The Labute approximate surface area is 102 Å². The molecule has 0 aliphatic heterocycles. The van der Waals surface area contributed by atoms with Crippen molar-refractivity contribution < 1.29 is 4.79 Å². The predicted octanol–water partition coefficient (Wildman–Crippen LogP) is 3.85. The molecule has 0 aliphatic carbocycles. The number of aromatic nitrogens is 1. The molecule has 0 amide bonds. The van der Waals surface area contributed by atoms with Crippen molar-refractivity contribution in [3.05, 3.63) is 42.2 Å². The van der Waals surface area contributed by atoms with Crippen LogP contribution in [0.3, 0.4) is 0 Å². The third-order valence-electron chi connectivity index (χ3n) is 3.20. The van der Waals surface area contributed by atoms with E-state index >= 15 is 0 Å². The van der Waals surface area contributed by atoms with Crippen molar-refractivity contribution in [2.45, 2.75) is 26.7 Å². The van der Waals surface area contributed by atoms with Gasteiger partial charge in [-0.1, -0.05) is 44.5 Å². The van der Waals surface area contributed by atoms with Gasteiger partial charge in [-0.2, -0.15) is 0 Å². The van der Waals surface area contributed by atoms with Crippen molar-refractivity contribution in [3.8, 4) is 0 Å². The van der Waals surface area contributed by atoms with E-state index in [0.717, 1.165) is 22.8 Å². The third-order valence-corrected chi connectivity index (χ3v) is 3.20. The van der Waals surface area contributed by atoms with E-state index < -0.39 is 0 Å². The predicted molar refractivity (Wildman–Crippen MR) is 70.1 cm³/mol. The van der Waals surface area contributed by atoms with Gasteiger partial charge in [-0.25, -0.2) is 0 Å². The van der Waals surface area contributed by atoms with Gasteiger partial charge in [0, 0.05) is 29.8 Å². The Morgan fingerprint density at radius 1 is 1.29 bits per heavy atom. The number of ketones is 1. The van der Waals surface area contributed by atoms with Gasteiger partial charge in [0.05, 0.1) is 0 Å². The Kier molecular flexibility index (Phi) is 3.52. The number of hydrogen-bond donors (Lipinski definition) is 0. The van der Waals surface area contributed by atoms with Gasteiger partial charge >= 0.3 is 0 Å². The number of hydrogen-bond acceptors (Lipinski definition) is 2. The first-order chi connectivity index (χ1) is 8.22. The molecule has 0 spiro atoms. The minimum Gasteiger partial charge on any atom is -0.294 e. The number of fused-ring (bicyclic) bond motifs is 1. The second-order valence-corrected chi connectivity index (χ2v) is 4.55. The monoisotopic (exact) mass is 227 g/mol. The quantitative estimate of drug-likeness (QED) is 0.742. The zero-order chi connectivity index (χ0) is 12.3. The standard InChI is InChI=1S/C15H17NO/c1-3-11(2)8-15(17)14-10-16-9-12-6-4-5-7-13(12)14/h4-7,9-11H,3,8H2,1-2H3. The lowest BCUT2D eigenvalue weighted by Crippen LogP contribution is -2.06. The first-order valence-corrected chi connectivity index (χ1v) is 6.08. The molecule has 0 saturated carbocycles. The molecule has 2 rings (SSSR count). The van der Waals surface area contributed by atoms with Crippen molar-refractivity contribution in [2.24, 2.45) is 5.92 Å². The van der Waals surface area contributed by atoms with Crippen LogP contribution in [0.2, 0.25) is 0 Å². The minimum atomic E-state index is 0.198. The number of carbonyl (C=O) groups excluding carboxylic acids is 1. The molecule has 17 heavy (non-hydrogen) atoms. The smallest absolute Gasteiger partial charge is 0.165 e. The topological polar surface area (TPSA) is 30.0 Å². The van der Waals surface area contributed by atoms with Crippen LogP contribution in [0.15, 0.2) is 36.7 Å². The molecule has 0 N–H and O–H groups in total. The van der Waals surface area contributed by atoms with E-state index in [0.29, 0.717) is 12.3 Å². The van der Waals surface area contributed by atoms with E-state index in [1.165, 1.54) is 0 Å². The summed E-state index contributed by atoms with van der Waals surface area (Å²) in [4.78, 5) is 16.3. The molecule has 0 bridgehead atoms. The summed E-state index contributed by atoms with van der Waals surface area (Å²) in [6.45, 7) is 4.22. The highest BCUT2D eigenvalue weighted by Gasteiger charge is 2.13. The fourth-order valence-electron chi connectivity index (χ4n) is 1.91. The normalized spacial score (nSPS) is 12.6. The number of pyridine rings is 1. The van der Waals surface area contributed by atoms with Gasteiger partial charge in [-0.3, -0.25) is 9.78 Å². The lowest BCUT2D eigenvalue weighted by atomic mass is 9.96. The molecule has 0 fully saturated rings. The van der Waals surface area contributed by atoms with Crippen LogP contribution in [0, 0.1) is 5.92 Å². The van der Waals surface area contributed by atoms with E-state index in [1.54, 1.807) is 12.4 Å². The summed E-state index contributed by atoms with van der Waals surface area (Å²) in [5.41, 5.74) is 0.753. The Morgan fingerprint density at radius 3 is 2.82 bits per heavy atom. The highest BCUT2D eigenvalue weighted by Crippen LogP contribution is 2.20. The Hall–Kier alpha value is -1.70. The largest absolute Gasteiger partial charge is 0.294 e. The molecule has 1 aromatic heterocycles. The summed E-state index contributed by atoms with van der Waals surface area (Å²) < 4.78 is 0. The zero-order valence-corrected chi connectivity index (χ0v) is 10.3. The van der Waals surface area contributed by atoms with E-state index in [-0.39, 0.29) is 5.78 Å². The number of benzene rings is 1. The molecule has 1 atom stereocenters. The van der Waals surface area contributed by atoms with Crippen LogP contribution in [-0.4, -0.2) is 10.8 Å². The molecule has 1 unspecified atom stereocenters. The van der Waals surface area contributed by atoms with Crippen LogP contribution in [0.1, 0.15) is 37.0 Å². The summed E-state index contributed by atoms with van der Waals surface area (Å²) in [6, 6.07) is 7.90. The van der Waals surface area contributed by atoms with Gasteiger partial charge in [0.2, 0.25) is 0 Å². The summed E-state index contributed by atoms with van der Waals surface area (Å²) in [7, 11) is 0. The Morgan fingerprint density at radius 2 is 2.06 bits per heavy atom. The number of carbonyl (C=O) groups is 1. The van der Waals surface area contributed by atoms with Crippen LogP contribution in [0.25, 0.3) is 10.8 Å². The van der Waals surface area contributed by atoms with Gasteiger partial charge in [-0.15, -0.1) is 0 Å². The second kappa shape index (κ2) is 5.09. The molecule has 0 radical (unpaired) electrons. The molecule has 1 heterocycles. The van der Waals surface area contributed by atoms with Crippen molar-refractivity contribution in [1.82, 2.24) is 4.98 Å². The van der Waals surface area contributed by atoms with Gasteiger partial charge in [0.25, 0.3) is 0 Å². The maximum absolute atomic E-state index is 12.2. The summed E-state index contributed by atoms with van der Waals surface area (Å²) in [5, 5.41) is 2.04. The van der Waals surface area contributed by atoms with Crippen molar-refractivity contribution in [1.29, 1.82) is 0 Å². The maximum Gasteiger partial charge on any atom is 0.165 e. The van der Waals surface area contributed by atoms with E-state index in [4.69, 9.17) is 0 Å². The molecule has 2 nitrogen and oxygen atoms in total. The van der Waals surface area contributed by atoms with E-state index in [9.17, 15) is 4.79 Å². The summed E-state index contributed by atoms with van der Waals surface area (Å²) in [5.74, 6) is 0.630. The minimum absolute atomic E-state index is 0.198. The molecular formula is C15H17NO. The van der Waals surface area contributed by atoms with E-state index in [1.807, 2.05) is 24.3 Å². The van der Waals surface area contributed by atoms with Crippen molar-refractivity contribution in [3.63, 3.8) is 0 Å². The van der Waals surface area contributed by atoms with Crippen LogP contribution in [-0.2, 0) is 0 Å². The number of rotatable bonds is 4. The molecule has 2 aromatic rings. The third kappa shape index (κ3) is 2.52. The molecule has 0 saturated heterocycles. The van der Waals surface area contributed by atoms with Crippen molar-refractivity contribution >= 4 is 16.6 Å². The van der Waals surface area contributed by atoms with Crippen LogP contribution in [0.4, 0.5) is 0 Å². The Bertz CT molecular complexity index is 528. The lowest BCUT2D eigenvalue weighted by Gasteiger charge is -2.08. The highest BCUT2D eigenvalue weighted by molar-refractivity contribution is 6.07. The highest BCUT2D eigenvalue weighted by atomic mass is 16.1. The first-order valence-electron chi connectivity index (χ1n) is 6.08. The Balaban J connectivity index is 2.38. The van der Waals surface area contributed by atoms with Crippen LogP contribution in [0.5, 0.6) is 0 Å². The van der Waals surface area contributed by atoms with Gasteiger partial charge < -0.3 is 0 Å². The molecule has 2 heteroatoms. The van der Waals surface area contributed by atoms with E-state index in [2.05, 4.69) is 18.8 Å². The van der Waals surface area contributed by atoms with Crippen molar-refractivity contribution in [2.75, 3.05) is 0 Å².